The molecule has 1 aliphatic rings. The summed E-state index contributed by atoms with van der Waals surface area (Å²) < 4.78 is 10.3. The Morgan fingerprint density at radius 3 is 2.73 bits per heavy atom. The number of methoxy groups -OCH3 is 1. The number of aryl methyl sites for hydroxylation is 1. The van der Waals surface area contributed by atoms with Gasteiger partial charge in [-0.05, 0) is 24.1 Å². The van der Waals surface area contributed by atoms with Crippen LogP contribution in [0.5, 0.6) is 5.75 Å². The van der Waals surface area contributed by atoms with Crippen LogP contribution in [0.2, 0.25) is 0 Å². The first-order valence-corrected chi connectivity index (χ1v) is 7.31. The molecule has 6 nitrogen and oxygen atoms in total. The Kier molecular flexibility index (Phi) is 5.38. The average Bonchev–Trinajstić information content (AvgIpc) is 2.54. The van der Waals surface area contributed by atoms with Crippen LogP contribution >= 0.6 is 0 Å². The van der Waals surface area contributed by atoms with E-state index in [1.807, 2.05) is 24.3 Å². The Hall–Kier alpha value is -2.08. The van der Waals surface area contributed by atoms with E-state index in [1.54, 1.807) is 7.11 Å². The minimum absolute atomic E-state index is 0.239. The fourth-order valence-electron chi connectivity index (χ4n) is 2.53. The highest BCUT2D eigenvalue weighted by Crippen LogP contribution is 2.21. The molecule has 0 bridgehead atoms. The number of amides is 1. The molecule has 0 atom stereocenters. The molecule has 2 N–H and O–H groups in total. The van der Waals surface area contributed by atoms with Crippen LogP contribution in [-0.4, -0.2) is 42.8 Å². The van der Waals surface area contributed by atoms with Gasteiger partial charge in [0.05, 0.1) is 7.11 Å². The third-order valence-corrected chi connectivity index (χ3v) is 3.91. The summed E-state index contributed by atoms with van der Waals surface area (Å²) in [6.07, 6.45) is 1.37. The lowest BCUT2D eigenvalue weighted by atomic mass is 9.90. The molecular weight excluding hydrogens is 286 g/mol. The first-order chi connectivity index (χ1) is 10.6. The molecule has 0 radical (unpaired) electrons. The Bertz CT molecular complexity index is 537. The molecule has 6 heteroatoms. The number of rotatable bonds is 6. The molecule has 1 saturated heterocycles. The zero-order valence-corrected chi connectivity index (χ0v) is 12.6. The van der Waals surface area contributed by atoms with Crippen molar-refractivity contribution in [2.45, 2.75) is 31.2 Å². The molecule has 1 fully saturated rings. The van der Waals surface area contributed by atoms with Crippen LogP contribution in [0, 0.1) is 0 Å². The molecule has 1 heterocycles. The fourth-order valence-corrected chi connectivity index (χ4v) is 2.53. The summed E-state index contributed by atoms with van der Waals surface area (Å²) in [5.74, 6) is -0.512. The van der Waals surface area contributed by atoms with E-state index in [9.17, 15) is 14.7 Å². The summed E-state index contributed by atoms with van der Waals surface area (Å²) in [6.45, 7) is 0.699. The van der Waals surface area contributed by atoms with Crippen LogP contribution in [0.25, 0.3) is 0 Å². The van der Waals surface area contributed by atoms with Crippen molar-refractivity contribution < 1.29 is 24.2 Å². The molecule has 0 saturated carbocycles. The number of nitrogens with one attached hydrogen (secondary N) is 1. The van der Waals surface area contributed by atoms with Crippen molar-refractivity contribution in [3.8, 4) is 5.75 Å². The second-order valence-corrected chi connectivity index (χ2v) is 5.40. The van der Waals surface area contributed by atoms with Gasteiger partial charge in [0, 0.05) is 32.5 Å². The van der Waals surface area contributed by atoms with E-state index < -0.39 is 11.5 Å². The Morgan fingerprint density at radius 2 is 2.09 bits per heavy atom. The first kappa shape index (κ1) is 16.3. The summed E-state index contributed by atoms with van der Waals surface area (Å²) in [7, 11) is 1.59. The van der Waals surface area contributed by atoms with E-state index in [-0.39, 0.29) is 12.3 Å². The first-order valence-electron chi connectivity index (χ1n) is 7.31. The van der Waals surface area contributed by atoms with Crippen molar-refractivity contribution in [3.63, 3.8) is 0 Å². The monoisotopic (exact) mass is 307 g/mol. The summed E-state index contributed by atoms with van der Waals surface area (Å²) >= 11 is 0. The average molecular weight is 307 g/mol. The van der Waals surface area contributed by atoms with Crippen molar-refractivity contribution in [3.05, 3.63) is 29.8 Å². The Balaban J connectivity index is 1.92. The Morgan fingerprint density at radius 1 is 1.36 bits per heavy atom. The molecule has 22 heavy (non-hydrogen) atoms. The van der Waals surface area contributed by atoms with Gasteiger partial charge in [0.1, 0.15) is 11.3 Å². The van der Waals surface area contributed by atoms with Crippen LogP contribution in [0.1, 0.15) is 24.8 Å². The maximum absolute atomic E-state index is 12.1. The van der Waals surface area contributed by atoms with Gasteiger partial charge < -0.3 is 19.9 Å². The van der Waals surface area contributed by atoms with E-state index >= 15 is 0 Å². The van der Waals surface area contributed by atoms with Gasteiger partial charge in [0.2, 0.25) is 5.91 Å². The van der Waals surface area contributed by atoms with E-state index in [2.05, 4.69) is 5.32 Å². The molecule has 1 aliphatic heterocycles. The van der Waals surface area contributed by atoms with E-state index in [4.69, 9.17) is 9.47 Å². The number of carbonyl (C=O) groups excluding carboxylic acids is 1. The van der Waals surface area contributed by atoms with Gasteiger partial charge in [-0.25, -0.2) is 4.79 Å². The lowest BCUT2D eigenvalue weighted by Crippen LogP contribution is -2.57. The van der Waals surface area contributed by atoms with Crippen LogP contribution in [-0.2, 0) is 20.7 Å². The molecule has 0 aromatic heterocycles. The zero-order valence-electron chi connectivity index (χ0n) is 12.6. The van der Waals surface area contributed by atoms with Crippen LogP contribution in [0.15, 0.2) is 24.3 Å². The predicted molar refractivity (Wildman–Crippen MR) is 79.9 cm³/mol. The van der Waals surface area contributed by atoms with E-state index in [0.717, 1.165) is 11.3 Å². The van der Waals surface area contributed by atoms with Gasteiger partial charge >= 0.3 is 5.97 Å². The number of carboxylic acid groups (broad SMARTS) is 1. The van der Waals surface area contributed by atoms with Crippen molar-refractivity contribution in [2.75, 3.05) is 20.3 Å². The number of aliphatic carboxylic acids is 1. The number of benzene rings is 1. The van der Waals surface area contributed by atoms with Crippen LogP contribution in [0.3, 0.4) is 0 Å². The Labute approximate surface area is 129 Å². The summed E-state index contributed by atoms with van der Waals surface area (Å²) in [4.78, 5) is 23.6. The van der Waals surface area contributed by atoms with E-state index in [0.29, 0.717) is 32.5 Å². The standard InChI is InChI=1S/C16H21NO5/c1-21-13-4-2-3-12(11-13)5-6-14(18)17-16(15(19)20)7-9-22-10-8-16/h2-4,11H,5-10H2,1H3,(H,17,18)(H,19,20). The molecule has 0 unspecified atom stereocenters. The van der Waals surface area contributed by atoms with Gasteiger partial charge in [0.15, 0.2) is 0 Å². The maximum Gasteiger partial charge on any atom is 0.329 e. The predicted octanol–water partition coefficient (Wildman–Crippen LogP) is 1.38. The van der Waals surface area contributed by atoms with Crippen LogP contribution < -0.4 is 10.1 Å². The highest BCUT2D eigenvalue weighted by Gasteiger charge is 2.41. The normalized spacial score (nSPS) is 16.8. The third kappa shape index (κ3) is 3.98. The van der Waals surface area contributed by atoms with Crippen LogP contribution in [0.4, 0.5) is 0 Å². The van der Waals surface area contributed by atoms with Gasteiger partial charge in [-0.1, -0.05) is 12.1 Å². The molecule has 2 rings (SSSR count). The minimum Gasteiger partial charge on any atom is -0.497 e. The number of carbonyl (C=O) groups is 2. The number of hydrogen-bond acceptors (Lipinski definition) is 4. The molecule has 0 aliphatic carbocycles. The summed E-state index contributed by atoms with van der Waals surface area (Å²) in [6, 6.07) is 7.49. The molecule has 1 aromatic carbocycles. The van der Waals surface area contributed by atoms with Gasteiger partial charge in [-0.15, -0.1) is 0 Å². The quantitative estimate of drug-likeness (QED) is 0.829. The van der Waals surface area contributed by atoms with Crippen molar-refractivity contribution in [2.24, 2.45) is 0 Å². The lowest BCUT2D eigenvalue weighted by molar-refractivity contribution is -0.152. The second-order valence-electron chi connectivity index (χ2n) is 5.40. The third-order valence-electron chi connectivity index (χ3n) is 3.91. The minimum atomic E-state index is -1.19. The second kappa shape index (κ2) is 7.26. The largest absolute Gasteiger partial charge is 0.497 e. The lowest BCUT2D eigenvalue weighted by Gasteiger charge is -2.33. The zero-order chi connectivity index (χ0) is 16.0. The maximum atomic E-state index is 12.1. The van der Waals surface area contributed by atoms with Gasteiger partial charge in [-0.3, -0.25) is 4.79 Å². The van der Waals surface area contributed by atoms with Crippen molar-refractivity contribution in [1.29, 1.82) is 0 Å². The highest BCUT2D eigenvalue weighted by atomic mass is 16.5. The SMILES string of the molecule is COc1cccc(CCC(=O)NC2(C(=O)O)CCOCC2)c1. The molecular formula is C16H21NO5. The molecule has 1 amide bonds. The fraction of sp³-hybridized carbons (Fsp3) is 0.500. The highest BCUT2D eigenvalue weighted by molar-refractivity contribution is 5.87. The topological polar surface area (TPSA) is 84.9 Å². The number of ether oxygens (including phenoxy) is 2. The smallest absolute Gasteiger partial charge is 0.329 e. The molecule has 120 valence electrons. The number of carboxylic acids is 1. The number of hydrogen-bond donors (Lipinski definition) is 2. The summed E-state index contributed by atoms with van der Waals surface area (Å²) in [5.41, 5.74) is -0.213. The van der Waals surface area contributed by atoms with Gasteiger partial charge in [0.25, 0.3) is 0 Å². The van der Waals surface area contributed by atoms with E-state index in [1.165, 1.54) is 0 Å². The van der Waals surface area contributed by atoms with Crippen molar-refractivity contribution in [1.82, 2.24) is 5.32 Å². The summed E-state index contributed by atoms with van der Waals surface area (Å²) in [5, 5.41) is 12.1. The van der Waals surface area contributed by atoms with Gasteiger partial charge in [-0.2, -0.15) is 0 Å². The molecule has 1 aromatic rings. The molecule has 0 spiro atoms. The van der Waals surface area contributed by atoms with Crippen molar-refractivity contribution >= 4 is 11.9 Å².